The zero-order valence-electron chi connectivity index (χ0n) is 15.2. The average molecular weight is 378 g/mol. The molecule has 1 heterocycles. The van der Waals surface area contributed by atoms with Crippen molar-refractivity contribution in [3.8, 4) is 0 Å². The van der Waals surface area contributed by atoms with Crippen LogP contribution in [0.3, 0.4) is 0 Å². The van der Waals surface area contributed by atoms with Crippen LogP contribution in [0.5, 0.6) is 0 Å². The second-order valence-corrected chi connectivity index (χ2v) is 7.20. The zero-order chi connectivity index (χ0) is 19.3. The summed E-state index contributed by atoms with van der Waals surface area (Å²) < 4.78 is 2.20. The van der Waals surface area contributed by atoms with E-state index in [1.165, 1.54) is 23.9 Å². The molecule has 1 atom stereocenters. The molecule has 6 nitrogen and oxygen atoms in total. The van der Waals surface area contributed by atoms with E-state index >= 15 is 0 Å². The third-order valence-electron chi connectivity index (χ3n) is 4.21. The summed E-state index contributed by atoms with van der Waals surface area (Å²) in [6.45, 7) is 4.12. The highest BCUT2D eigenvalue weighted by Gasteiger charge is 2.16. The molecule has 26 heavy (non-hydrogen) atoms. The van der Waals surface area contributed by atoms with E-state index in [0.717, 1.165) is 23.0 Å². The van der Waals surface area contributed by atoms with Crippen LogP contribution in [-0.2, 0) is 18.4 Å². The predicted molar refractivity (Wildman–Crippen MR) is 102 cm³/mol. The van der Waals surface area contributed by atoms with Crippen molar-refractivity contribution in [2.75, 3.05) is 0 Å². The number of hydrogen-bond donors (Lipinski definition) is 1. The number of aromatic nitrogens is 2. The maximum absolute atomic E-state index is 12.5. The molecule has 2 aromatic rings. The highest BCUT2D eigenvalue weighted by atomic mass is 35.5. The molecule has 0 aliphatic carbocycles. The third-order valence-corrected chi connectivity index (χ3v) is 4.47. The lowest BCUT2D eigenvalue weighted by atomic mass is 9.97. The lowest BCUT2D eigenvalue weighted by Gasteiger charge is -2.21. The van der Waals surface area contributed by atoms with Crippen LogP contribution in [0, 0.1) is 5.92 Å². The molecule has 0 saturated carbocycles. The largest absolute Gasteiger partial charge is 0.348 e. The monoisotopic (exact) mass is 377 g/mol. The molecule has 0 saturated heterocycles. The Bertz CT molecular complexity index is 869. The maximum atomic E-state index is 12.5. The molecule has 0 fully saturated rings. The summed E-state index contributed by atoms with van der Waals surface area (Å²) in [6, 6.07) is 8.49. The van der Waals surface area contributed by atoms with Crippen molar-refractivity contribution < 1.29 is 4.79 Å². The van der Waals surface area contributed by atoms with E-state index in [9.17, 15) is 14.4 Å². The van der Waals surface area contributed by atoms with Crippen LogP contribution in [0.2, 0.25) is 5.02 Å². The van der Waals surface area contributed by atoms with Gasteiger partial charge in [-0.3, -0.25) is 18.7 Å². The van der Waals surface area contributed by atoms with Gasteiger partial charge >= 0.3 is 5.69 Å². The average Bonchev–Trinajstić information content (AvgIpc) is 2.60. The molecule has 0 bridgehead atoms. The van der Waals surface area contributed by atoms with Crippen molar-refractivity contribution >= 4 is 17.5 Å². The number of nitrogens with one attached hydrogen (secondary N) is 1. The van der Waals surface area contributed by atoms with Crippen LogP contribution >= 0.6 is 11.6 Å². The molecular formula is C19H24ClN3O3. The molecule has 140 valence electrons. The Balaban J connectivity index is 2.15. The first kappa shape index (κ1) is 20.0. The van der Waals surface area contributed by atoms with Gasteiger partial charge in [0, 0.05) is 24.3 Å². The van der Waals surface area contributed by atoms with Gasteiger partial charge in [0.15, 0.2) is 0 Å². The smallest absolute Gasteiger partial charge is 0.331 e. The van der Waals surface area contributed by atoms with Crippen molar-refractivity contribution in [3.05, 3.63) is 68.0 Å². The second kappa shape index (κ2) is 8.85. The Labute approximate surface area is 157 Å². The quantitative estimate of drug-likeness (QED) is 0.805. The molecule has 2 rings (SSSR count). The number of hydrogen-bond acceptors (Lipinski definition) is 3. The Morgan fingerprint density at radius 2 is 1.77 bits per heavy atom. The van der Waals surface area contributed by atoms with Crippen LogP contribution in [0.15, 0.2) is 46.1 Å². The first-order valence-electron chi connectivity index (χ1n) is 8.59. The Morgan fingerprint density at radius 1 is 1.12 bits per heavy atom. The molecule has 1 aromatic carbocycles. The van der Waals surface area contributed by atoms with Gasteiger partial charge in [-0.25, -0.2) is 4.79 Å². The predicted octanol–water partition coefficient (Wildman–Crippen LogP) is 2.49. The van der Waals surface area contributed by atoms with E-state index in [0.29, 0.717) is 10.9 Å². The Kier molecular flexibility index (Phi) is 6.80. The zero-order valence-corrected chi connectivity index (χ0v) is 16.0. The first-order chi connectivity index (χ1) is 12.3. The summed E-state index contributed by atoms with van der Waals surface area (Å²) in [6.07, 6.45) is 3.08. The van der Waals surface area contributed by atoms with Crippen LogP contribution in [0.25, 0.3) is 0 Å². The van der Waals surface area contributed by atoms with E-state index in [1.807, 2.05) is 12.1 Å². The van der Waals surface area contributed by atoms with E-state index in [-0.39, 0.29) is 18.5 Å². The molecule has 1 amide bonds. The minimum atomic E-state index is -0.516. The maximum Gasteiger partial charge on any atom is 0.331 e. The summed E-state index contributed by atoms with van der Waals surface area (Å²) in [5.74, 6) is 0.224. The molecule has 0 radical (unpaired) electrons. The van der Waals surface area contributed by atoms with Crippen molar-refractivity contribution in [3.63, 3.8) is 0 Å². The minimum Gasteiger partial charge on any atom is -0.348 e. The van der Waals surface area contributed by atoms with Gasteiger partial charge in [0.05, 0.1) is 6.04 Å². The normalized spacial score (nSPS) is 12.2. The van der Waals surface area contributed by atoms with Gasteiger partial charge in [0.25, 0.3) is 5.56 Å². The number of carbonyl (C=O) groups is 1. The fraction of sp³-hybridized carbons (Fsp3) is 0.421. The molecule has 1 N–H and O–H groups in total. The molecule has 1 unspecified atom stereocenters. The number of benzene rings is 1. The summed E-state index contributed by atoms with van der Waals surface area (Å²) in [5, 5.41) is 3.63. The molecule has 0 aliphatic heterocycles. The van der Waals surface area contributed by atoms with E-state index in [4.69, 9.17) is 11.6 Å². The van der Waals surface area contributed by atoms with E-state index in [1.54, 1.807) is 12.1 Å². The molecular weight excluding hydrogens is 354 g/mol. The van der Waals surface area contributed by atoms with Crippen molar-refractivity contribution in [2.24, 2.45) is 13.0 Å². The molecule has 0 spiro atoms. The van der Waals surface area contributed by atoms with Crippen molar-refractivity contribution in [1.29, 1.82) is 0 Å². The fourth-order valence-corrected chi connectivity index (χ4v) is 2.77. The summed E-state index contributed by atoms with van der Waals surface area (Å²) in [5.41, 5.74) is 0.0525. The van der Waals surface area contributed by atoms with E-state index in [2.05, 4.69) is 19.2 Å². The van der Waals surface area contributed by atoms with Gasteiger partial charge in [0.1, 0.15) is 6.54 Å². The number of nitrogens with zero attached hydrogens (tertiary/aromatic N) is 2. The number of rotatable bonds is 7. The molecule has 7 heteroatoms. The van der Waals surface area contributed by atoms with Gasteiger partial charge in [-0.15, -0.1) is 0 Å². The first-order valence-corrected chi connectivity index (χ1v) is 8.97. The summed E-state index contributed by atoms with van der Waals surface area (Å²) in [4.78, 5) is 36.0. The SMILES string of the molecule is CC(C)CCC(NC(=O)Cn1ccc(=O)n(C)c1=O)c1ccc(Cl)cc1. The van der Waals surface area contributed by atoms with E-state index < -0.39 is 11.2 Å². The van der Waals surface area contributed by atoms with Gasteiger partial charge < -0.3 is 5.32 Å². The van der Waals surface area contributed by atoms with Crippen molar-refractivity contribution in [1.82, 2.24) is 14.5 Å². The molecule has 0 aliphatic rings. The van der Waals surface area contributed by atoms with Crippen LogP contribution in [-0.4, -0.2) is 15.0 Å². The Morgan fingerprint density at radius 3 is 2.38 bits per heavy atom. The van der Waals surface area contributed by atoms with Crippen LogP contribution in [0.1, 0.15) is 38.3 Å². The molecule has 1 aromatic heterocycles. The standard InChI is InChI=1S/C19H24ClN3O3/c1-13(2)4-9-16(14-5-7-15(20)8-6-14)21-17(24)12-23-11-10-18(25)22(3)19(23)26/h5-8,10-11,13,16H,4,9,12H2,1-3H3,(H,21,24). The lowest BCUT2D eigenvalue weighted by molar-refractivity contribution is -0.122. The minimum absolute atomic E-state index is 0.140. The topological polar surface area (TPSA) is 73.1 Å². The second-order valence-electron chi connectivity index (χ2n) is 6.77. The summed E-state index contributed by atoms with van der Waals surface area (Å²) in [7, 11) is 1.39. The fourth-order valence-electron chi connectivity index (χ4n) is 2.65. The van der Waals surface area contributed by atoms with Crippen LogP contribution < -0.4 is 16.6 Å². The number of halogens is 1. The van der Waals surface area contributed by atoms with Gasteiger partial charge in [-0.05, 0) is 36.5 Å². The highest BCUT2D eigenvalue weighted by molar-refractivity contribution is 6.30. The number of amides is 1. The van der Waals surface area contributed by atoms with Crippen LogP contribution in [0.4, 0.5) is 0 Å². The van der Waals surface area contributed by atoms with Gasteiger partial charge in [0.2, 0.25) is 5.91 Å². The van der Waals surface area contributed by atoms with Gasteiger partial charge in [-0.2, -0.15) is 0 Å². The highest BCUT2D eigenvalue weighted by Crippen LogP contribution is 2.22. The van der Waals surface area contributed by atoms with Crippen molar-refractivity contribution in [2.45, 2.75) is 39.3 Å². The third kappa shape index (κ3) is 5.33. The summed E-state index contributed by atoms with van der Waals surface area (Å²) >= 11 is 5.95. The Hall–Kier alpha value is -2.34. The van der Waals surface area contributed by atoms with Gasteiger partial charge in [-0.1, -0.05) is 37.6 Å². The lowest BCUT2D eigenvalue weighted by Crippen LogP contribution is -2.40. The number of carbonyl (C=O) groups excluding carboxylic acids is 1.